The van der Waals surface area contributed by atoms with Crippen molar-refractivity contribution in [3.8, 4) is 0 Å². The number of anilines is 1. The fourth-order valence-electron chi connectivity index (χ4n) is 4.54. The van der Waals surface area contributed by atoms with Gasteiger partial charge in [0.15, 0.2) is 0 Å². The van der Waals surface area contributed by atoms with Crippen molar-refractivity contribution < 1.29 is 23.9 Å². The molecule has 0 aliphatic carbocycles. The SMILES string of the molecule is C[C@@H]1N2C(=O)[C@@H](NC(=O)CCc3ccc(NC(=O)CCOCCOCCS)cc3)[C@H]2CC1(C)C. The molecule has 34 heavy (non-hydrogen) atoms. The average molecular weight is 492 g/mol. The summed E-state index contributed by atoms with van der Waals surface area (Å²) in [5, 5.41) is 5.77. The lowest BCUT2D eigenvalue weighted by Crippen LogP contribution is -2.69. The molecular weight excluding hydrogens is 454 g/mol. The normalized spacial score (nSPS) is 22.8. The number of nitrogens with zero attached hydrogens (tertiary/aromatic N) is 1. The molecule has 2 N–H and O–H groups in total. The van der Waals surface area contributed by atoms with Crippen molar-refractivity contribution in [3.05, 3.63) is 29.8 Å². The zero-order valence-corrected chi connectivity index (χ0v) is 21.2. The summed E-state index contributed by atoms with van der Waals surface area (Å²) in [5.74, 6) is 0.479. The summed E-state index contributed by atoms with van der Waals surface area (Å²) in [5.41, 5.74) is 1.77. The van der Waals surface area contributed by atoms with Crippen LogP contribution in [-0.4, -0.2) is 72.9 Å². The van der Waals surface area contributed by atoms with E-state index in [1.54, 1.807) is 0 Å². The molecule has 2 aliphatic heterocycles. The summed E-state index contributed by atoms with van der Waals surface area (Å²) in [6.07, 6.45) is 2.06. The van der Waals surface area contributed by atoms with Crippen LogP contribution < -0.4 is 10.6 Å². The van der Waals surface area contributed by atoms with Gasteiger partial charge in [0.25, 0.3) is 0 Å². The number of rotatable bonds is 13. The minimum absolute atomic E-state index is 0.0313. The summed E-state index contributed by atoms with van der Waals surface area (Å²) in [7, 11) is 0. The highest BCUT2D eigenvalue weighted by molar-refractivity contribution is 7.80. The number of aryl methyl sites for hydroxylation is 1. The summed E-state index contributed by atoms with van der Waals surface area (Å²) < 4.78 is 10.6. The Bertz CT molecular complexity index is 861. The Morgan fingerprint density at radius 1 is 1.06 bits per heavy atom. The standard InChI is InChI=1S/C25H37N3O5S/c1-17-25(2,3)16-20-23(24(31)28(17)20)27-21(29)9-6-18-4-7-19(8-5-18)26-22(30)10-11-32-12-13-33-14-15-34/h4-5,7-8,17,20,23,34H,6,9-16H2,1-3H3,(H,26,30)(H,27,29)/t17-,20+,23-/m0/s1. The third-order valence-electron chi connectivity index (χ3n) is 6.82. The van der Waals surface area contributed by atoms with Gasteiger partial charge in [-0.3, -0.25) is 14.4 Å². The number of carbonyl (C=O) groups is 3. The number of thiol groups is 1. The molecule has 3 amide bonds. The van der Waals surface area contributed by atoms with Gasteiger partial charge >= 0.3 is 0 Å². The van der Waals surface area contributed by atoms with Crippen molar-refractivity contribution in [2.45, 2.75) is 64.6 Å². The summed E-state index contributed by atoms with van der Waals surface area (Å²) in [4.78, 5) is 38.9. The molecule has 0 radical (unpaired) electrons. The number of β-lactam (4-membered cyclic amide) rings is 1. The van der Waals surface area contributed by atoms with E-state index in [1.807, 2.05) is 29.2 Å². The smallest absolute Gasteiger partial charge is 0.247 e. The molecule has 1 aromatic carbocycles. The predicted molar refractivity (Wildman–Crippen MR) is 134 cm³/mol. The third-order valence-corrected chi connectivity index (χ3v) is 7.00. The highest BCUT2D eigenvalue weighted by atomic mass is 32.1. The van der Waals surface area contributed by atoms with E-state index in [0.717, 1.165) is 12.0 Å². The molecule has 188 valence electrons. The number of hydrogen-bond acceptors (Lipinski definition) is 6. The van der Waals surface area contributed by atoms with Crippen molar-refractivity contribution in [3.63, 3.8) is 0 Å². The summed E-state index contributed by atoms with van der Waals surface area (Å²) in [6.45, 7) is 8.30. The first-order valence-corrected chi connectivity index (χ1v) is 12.6. The number of fused-ring (bicyclic) bond motifs is 1. The van der Waals surface area contributed by atoms with Gasteiger partial charge in [0.05, 0.1) is 38.9 Å². The van der Waals surface area contributed by atoms with Crippen LogP contribution >= 0.6 is 12.6 Å². The monoisotopic (exact) mass is 491 g/mol. The second-order valence-electron chi connectivity index (χ2n) is 9.67. The zero-order valence-electron chi connectivity index (χ0n) is 20.3. The van der Waals surface area contributed by atoms with Gasteiger partial charge in [-0.2, -0.15) is 12.6 Å². The van der Waals surface area contributed by atoms with Gasteiger partial charge in [-0.25, -0.2) is 0 Å². The number of benzene rings is 1. The number of ether oxygens (including phenoxy) is 2. The van der Waals surface area contributed by atoms with Crippen molar-refractivity contribution >= 4 is 36.0 Å². The third kappa shape index (κ3) is 6.73. The molecule has 2 heterocycles. The van der Waals surface area contributed by atoms with Gasteiger partial charge in [0.1, 0.15) is 6.04 Å². The lowest BCUT2D eigenvalue weighted by molar-refractivity contribution is -0.153. The Labute approximate surface area is 207 Å². The summed E-state index contributed by atoms with van der Waals surface area (Å²) >= 11 is 4.05. The van der Waals surface area contributed by atoms with Gasteiger partial charge in [0, 0.05) is 23.9 Å². The van der Waals surface area contributed by atoms with E-state index in [1.165, 1.54) is 0 Å². The molecule has 0 aromatic heterocycles. The first-order valence-electron chi connectivity index (χ1n) is 12.0. The molecule has 9 heteroatoms. The van der Waals surface area contributed by atoms with E-state index < -0.39 is 0 Å². The van der Waals surface area contributed by atoms with E-state index in [4.69, 9.17) is 9.47 Å². The zero-order chi connectivity index (χ0) is 24.7. The maximum Gasteiger partial charge on any atom is 0.247 e. The molecule has 0 spiro atoms. The van der Waals surface area contributed by atoms with Crippen LogP contribution in [0.25, 0.3) is 0 Å². The van der Waals surface area contributed by atoms with E-state index in [9.17, 15) is 14.4 Å². The Kier molecular flexibility index (Phi) is 9.39. The van der Waals surface area contributed by atoms with Crippen molar-refractivity contribution in [2.24, 2.45) is 5.41 Å². The first kappa shape index (κ1) is 26.5. The summed E-state index contributed by atoms with van der Waals surface area (Å²) in [6, 6.07) is 7.37. The molecule has 2 aliphatic rings. The lowest BCUT2D eigenvalue weighted by atomic mass is 9.84. The van der Waals surface area contributed by atoms with E-state index in [0.29, 0.717) is 50.7 Å². The molecule has 1 aromatic rings. The second kappa shape index (κ2) is 12.0. The maximum absolute atomic E-state index is 12.5. The van der Waals surface area contributed by atoms with Gasteiger partial charge in [-0.05, 0) is 42.9 Å². The Balaban J connectivity index is 1.33. The van der Waals surface area contributed by atoms with Gasteiger partial charge < -0.3 is 25.0 Å². The highest BCUT2D eigenvalue weighted by Crippen LogP contribution is 2.46. The van der Waals surface area contributed by atoms with Gasteiger partial charge in [-0.15, -0.1) is 0 Å². The molecule has 3 rings (SSSR count). The minimum Gasteiger partial charge on any atom is -0.379 e. The maximum atomic E-state index is 12.5. The van der Waals surface area contributed by atoms with Crippen LogP contribution in [0.1, 0.15) is 45.6 Å². The van der Waals surface area contributed by atoms with Crippen molar-refractivity contribution in [1.82, 2.24) is 10.2 Å². The Morgan fingerprint density at radius 3 is 2.41 bits per heavy atom. The second-order valence-corrected chi connectivity index (χ2v) is 10.1. The number of amides is 3. The van der Waals surface area contributed by atoms with E-state index >= 15 is 0 Å². The fraction of sp³-hybridized carbons (Fsp3) is 0.640. The molecule has 2 saturated heterocycles. The molecule has 2 fully saturated rings. The van der Waals surface area contributed by atoms with Crippen LogP contribution in [0.5, 0.6) is 0 Å². The van der Waals surface area contributed by atoms with Crippen LogP contribution in [0.15, 0.2) is 24.3 Å². The molecule has 0 saturated carbocycles. The van der Waals surface area contributed by atoms with Crippen molar-refractivity contribution in [2.75, 3.05) is 37.5 Å². The number of carbonyl (C=O) groups excluding carboxylic acids is 3. The van der Waals surface area contributed by atoms with Crippen LogP contribution in [0, 0.1) is 5.41 Å². The largest absolute Gasteiger partial charge is 0.379 e. The van der Waals surface area contributed by atoms with Crippen molar-refractivity contribution in [1.29, 1.82) is 0 Å². The van der Waals surface area contributed by atoms with Crippen LogP contribution in [0.4, 0.5) is 5.69 Å². The molecule has 0 bridgehead atoms. The Hall–Kier alpha value is -2.10. The predicted octanol–water partition coefficient (Wildman–Crippen LogP) is 2.42. The lowest BCUT2D eigenvalue weighted by Gasteiger charge is -2.45. The van der Waals surface area contributed by atoms with Crippen LogP contribution in [-0.2, 0) is 30.3 Å². The number of hydrogen-bond donors (Lipinski definition) is 3. The average Bonchev–Trinajstić information content (AvgIpc) is 3.02. The van der Waals surface area contributed by atoms with Gasteiger partial charge in [0.2, 0.25) is 17.7 Å². The highest BCUT2D eigenvalue weighted by Gasteiger charge is 2.59. The minimum atomic E-state index is -0.390. The molecular formula is C25H37N3O5S. The fourth-order valence-corrected chi connectivity index (χ4v) is 4.67. The molecule has 8 nitrogen and oxygen atoms in total. The van der Waals surface area contributed by atoms with E-state index in [-0.39, 0.29) is 47.7 Å². The Morgan fingerprint density at radius 2 is 1.74 bits per heavy atom. The topological polar surface area (TPSA) is 97.0 Å². The molecule has 0 unspecified atom stereocenters. The quantitative estimate of drug-likeness (QED) is 0.224. The van der Waals surface area contributed by atoms with E-state index in [2.05, 4.69) is 44.0 Å². The first-order chi connectivity index (χ1) is 16.2. The molecule has 3 atom stereocenters. The van der Waals surface area contributed by atoms with Gasteiger partial charge in [-0.1, -0.05) is 26.0 Å². The van der Waals surface area contributed by atoms with Crippen LogP contribution in [0.2, 0.25) is 0 Å². The number of nitrogens with one attached hydrogen (secondary N) is 2. The van der Waals surface area contributed by atoms with Crippen LogP contribution in [0.3, 0.4) is 0 Å².